The molecule has 2 heterocycles. The zero-order valence-corrected chi connectivity index (χ0v) is 21.8. The van der Waals surface area contributed by atoms with Gasteiger partial charge in [-0.1, -0.05) is 11.8 Å². The number of rotatable bonds is 3. The van der Waals surface area contributed by atoms with Crippen LogP contribution in [0.25, 0.3) is 0 Å². The van der Waals surface area contributed by atoms with Crippen LogP contribution in [-0.2, 0) is 0 Å². The van der Waals surface area contributed by atoms with Gasteiger partial charge in [-0.25, -0.2) is 9.80 Å². The van der Waals surface area contributed by atoms with E-state index >= 15 is 0 Å². The van der Waals surface area contributed by atoms with Gasteiger partial charge >= 0.3 is 51.4 Å². The van der Waals surface area contributed by atoms with Crippen molar-refractivity contribution in [1.82, 2.24) is 0 Å². The largest absolute Gasteiger partial charge is 1.00 e. The Kier molecular flexibility index (Phi) is 6.54. The molecule has 0 spiro atoms. The number of carboxylic acid groups (broad SMARTS) is 1. The Balaban J connectivity index is 0.00000304. The molecule has 3 aromatic carbocycles. The van der Waals surface area contributed by atoms with Gasteiger partial charge in [0.2, 0.25) is 0 Å². The number of nitrogens with zero attached hydrogens (tertiary/aromatic N) is 2. The third-order valence-electron chi connectivity index (χ3n) is 5.76. The standard InChI is InChI=1S/C27H12N2O6.K/c1-3-14-5-7-19-21(9-14)25(32)28(23(19)30)17-11-16(27(34)35)12-18(13-17)29-24(31)20-8-6-15(4-2)10-22(20)26(29)33;/h1-2,5-13H,(H,34,35);/q;+1/p-1. The number of carboxylic acids is 1. The molecule has 36 heavy (non-hydrogen) atoms. The molecule has 0 N–H and O–H groups in total. The van der Waals surface area contributed by atoms with Crippen LogP contribution in [-0.4, -0.2) is 29.6 Å². The molecule has 0 saturated heterocycles. The molecule has 0 fully saturated rings. The summed E-state index contributed by atoms with van der Waals surface area (Å²) in [6.45, 7) is 0. The summed E-state index contributed by atoms with van der Waals surface area (Å²) in [4.78, 5) is 65.4. The topological polar surface area (TPSA) is 115 Å². The van der Waals surface area contributed by atoms with Crippen LogP contribution >= 0.6 is 0 Å². The van der Waals surface area contributed by atoms with Crippen LogP contribution in [0.2, 0.25) is 0 Å². The summed E-state index contributed by atoms with van der Waals surface area (Å²) in [6, 6.07) is 11.9. The summed E-state index contributed by atoms with van der Waals surface area (Å²) in [5.74, 6) is 0.242. The molecule has 5 rings (SSSR count). The van der Waals surface area contributed by atoms with Gasteiger partial charge in [-0.15, -0.1) is 12.8 Å². The molecule has 0 saturated carbocycles. The van der Waals surface area contributed by atoms with Crippen LogP contribution in [0.15, 0.2) is 54.6 Å². The molecule has 0 bridgehead atoms. The van der Waals surface area contributed by atoms with Gasteiger partial charge in [-0.3, -0.25) is 19.2 Å². The fraction of sp³-hybridized carbons (Fsp3) is 0. The summed E-state index contributed by atoms with van der Waals surface area (Å²) < 4.78 is 0. The number of fused-ring (bicyclic) bond motifs is 2. The number of hydrogen-bond acceptors (Lipinski definition) is 6. The Morgan fingerprint density at radius 1 is 0.639 bits per heavy atom. The van der Waals surface area contributed by atoms with Crippen molar-refractivity contribution in [2.75, 3.05) is 9.80 Å². The van der Waals surface area contributed by atoms with Crippen LogP contribution in [0.5, 0.6) is 0 Å². The summed E-state index contributed by atoms with van der Waals surface area (Å²) in [5.41, 5.74) is 0.267. The maximum absolute atomic E-state index is 13.1. The molecule has 166 valence electrons. The normalized spacial score (nSPS) is 13.6. The molecule has 0 radical (unpaired) electrons. The first-order valence-corrected chi connectivity index (χ1v) is 10.1. The predicted octanol–water partition coefficient (Wildman–Crippen LogP) is -1.38. The number of terminal acetylenes is 2. The van der Waals surface area contributed by atoms with Crippen molar-refractivity contribution in [3.63, 3.8) is 0 Å². The van der Waals surface area contributed by atoms with Crippen LogP contribution in [0.1, 0.15) is 62.9 Å². The van der Waals surface area contributed by atoms with Gasteiger partial charge in [0.1, 0.15) is 0 Å². The quantitative estimate of drug-likeness (QED) is 0.250. The third kappa shape index (κ3) is 3.80. The van der Waals surface area contributed by atoms with Gasteiger partial charge in [0.15, 0.2) is 0 Å². The molecule has 4 amide bonds. The molecule has 0 aromatic heterocycles. The second-order valence-corrected chi connectivity index (χ2v) is 7.73. The van der Waals surface area contributed by atoms with Gasteiger partial charge in [-0.05, 0) is 54.6 Å². The fourth-order valence-electron chi connectivity index (χ4n) is 4.10. The van der Waals surface area contributed by atoms with E-state index < -0.39 is 35.2 Å². The summed E-state index contributed by atoms with van der Waals surface area (Å²) in [6.07, 6.45) is 10.8. The van der Waals surface area contributed by atoms with E-state index in [0.717, 1.165) is 21.9 Å². The summed E-state index contributed by atoms with van der Waals surface area (Å²) in [5, 5.41) is 11.7. The van der Waals surface area contributed by atoms with Crippen molar-refractivity contribution in [1.29, 1.82) is 0 Å². The maximum Gasteiger partial charge on any atom is 1.00 e. The minimum absolute atomic E-state index is 0. The molecule has 3 aromatic rings. The van der Waals surface area contributed by atoms with E-state index in [4.69, 9.17) is 12.8 Å². The van der Waals surface area contributed by atoms with E-state index in [1.54, 1.807) is 0 Å². The minimum atomic E-state index is -1.63. The maximum atomic E-state index is 13.1. The van der Waals surface area contributed by atoms with Crippen molar-refractivity contribution in [2.24, 2.45) is 0 Å². The molecule has 0 unspecified atom stereocenters. The van der Waals surface area contributed by atoms with Gasteiger partial charge in [0, 0.05) is 16.7 Å². The molecule has 2 aliphatic heterocycles. The molecule has 9 heteroatoms. The number of aromatic carboxylic acids is 1. The fourth-order valence-corrected chi connectivity index (χ4v) is 4.10. The van der Waals surface area contributed by atoms with Crippen LogP contribution < -0.4 is 66.3 Å². The average molecular weight is 498 g/mol. The van der Waals surface area contributed by atoms with Gasteiger partial charge in [-0.2, -0.15) is 0 Å². The van der Waals surface area contributed by atoms with E-state index in [1.807, 2.05) is 0 Å². The second-order valence-electron chi connectivity index (χ2n) is 7.73. The van der Waals surface area contributed by atoms with E-state index in [9.17, 15) is 29.1 Å². The third-order valence-corrected chi connectivity index (χ3v) is 5.76. The van der Waals surface area contributed by atoms with Crippen molar-refractivity contribution >= 4 is 41.0 Å². The molecular formula is C27H11KN2O6. The SMILES string of the molecule is C#Cc1ccc2c(c1)C(=O)N(c1cc(C(=O)[O-])cc(N3C(=O)c4ccc(C#C)cc4C3=O)c1)C2=O.[K+]. The smallest absolute Gasteiger partial charge is 0.545 e. The zero-order chi connectivity index (χ0) is 25.0. The second kappa shape index (κ2) is 9.32. The number of anilines is 2. The van der Waals surface area contributed by atoms with Crippen molar-refractivity contribution in [2.45, 2.75) is 0 Å². The number of imide groups is 2. The van der Waals surface area contributed by atoms with E-state index in [2.05, 4.69) is 11.8 Å². The molecule has 2 aliphatic rings. The summed E-state index contributed by atoms with van der Waals surface area (Å²) in [7, 11) is 0. The number of carbonyl (C=O) groups is 5. The molecular weight excluding hydrogens is 487 g/mol. The average Bonchev–Trinajstić information content (AvgIpc) is 3.26. The minimum Gasteiger partial charge on any atom is -0.545 e. The Morgan fingerprint density at radius 3 is 1.39 bits per heavy atom. The van der Waals surface area contributed by atoms with Crippen molar-refractivity contribution in [3.8, 4) is 24.7 Å². The Bertz CT molecular complexity index is 1530. The summed E-state index contributed by atoms with van der Waals surface area (Å²) >= 11 is 0. The van der Waals surface area contributed by atoms with Crippen molar-refractivity contribution in [3.05, 3.63) is 93.5 Å². The Labute approximate surface area is 247 Å². The molecule has 8 nitrogen and oxygen atoms in total. The first-order valence-electron chi connectivity index (χ1n) is 10.1. The number of amides is 4. The Morgan fingerprint density at radius 2 is 1.03 bits per heavy atom. The van der Waals surface area contributed by atoms with Gasteiger partial charge in [0.05, 0.1) is 39.6 Å². The van der Waals surface area contributed by atoms with Gasteiger partial charge in [0.25, 0.3) is 23.6 Å². The van der Waals surface area contributed by atoms with Crippen LogP contribution in [0.4, 0.5) is 11.4 Å². The first-order chi connectivity index (χ1) is 16.7. The monoisotopic (exact) mass is 498 g/mol. The van der Waals surface area contributed by atoms with E-state index in [0.29, 0.717) is 11.1 Å². The zero-order valence-electron chi connectivity index (χ0n) is 18.7. The van der Waals surface area contributed by atoms with Crippen LogP contribution in [0.3, 0.4) is 0 Å². The van der Waals surface area contributed by atoms with Crippen molar-refractivity contribution < 1.29 is 80.5 Å². The Hall–Kier alpha value is -3.83. The molecule has 0 atom stereocenters. The molecule has 0 aliphatic carbocycles. The van der Waals surface area contributed by atoms with E-state index in [-0.39, 0.29) is 85.0 Å². The first kappa shape index (κ1) is 25.3. The number of hydrogen-bond donors (Lipinski definition) is 0. The number of carbonyl (C=O) groups excluding carboxylic acids is 5. The predicted molar refractivity (Wildman–Crippen MR) is 122 cm³/mol. The van der Waals surface area contributed by atoms with Crippen LogP contribution in [0, 0.1) is 24.7 Å². The van der Waals surface area contributed by atoms with Gasteiger partial charge < -0.3 is 9.90 Å². The number of benzene rings is 3. The van der Waals surface area contributed by atoms with E-state index in [1.165, 1.54) is 42.5 Å².